The largest absolute Gasteiger partial charge is 0.497 e. The molecule has 9 rings (SSSR count). The molecule has 2 aliphatic carbocycles. The number of anilines is 1. The third-order valence-corrected chi connectivity index (χ3v) is 12.4. The maximum absolute atomic E-state index is 16.2. The molecule has 1 spiro atoms. The quantitative estimate of drug-likeness (QED) is 0.105. The lowest BCUT2D eigenvalue weighted by Gasteiger charge is -2.58. The minimum absolute atomic E-state index is 0.0291. The van der Waals surface area contributed by atoms with Crippen molar-refractivity contribution in [3.63, 3.8) is 0 Å². The Morgan fingerprint density at radius 1 is 0.850 bits per heavy atom. The van der Waals surface area contributed by atoms with Crippen molar-refractivity contribution >= 4 is 29.8 Å². The van der Waals surface area contributed by atoms with Crippen LogP contribution in [0.4, 0.5) is 14.5 Å². The predicted octanol–water partition coefficient (Wildman–Crippen LogP) is 6.16. The number of rotatable bonds is 14. The second-order valence-electron chi connectivity index (χ2n) is 15.2. The summed E-state index contributed by atoms with van der Waals surface area (Å²) in [5.41, 5.74) is -0.644. The molecule has 0 aromatic heterocycles. The number of aryl methyl sites for hydroxylation is 1. The predicted molar refractivity (Wildman–Crippen MR) is 212 cm³/mol. The maximum atomic E-state index is 16.2. The second kappa shape index (κ2) is 14.5. The van der Waals surface area contributed by atoms with Crippen LogP contribution in [0.5, 0.6) is 17.2 Å². The molecule has 2 aliphatic heterocycles. The van der Waals surface area contributed by atoms with Gasteiger partial charge < -0.3 is 24.3 Å². The van der Waals surface area contributed by atoms with Crippen molar-refractivity contribution in [1.29, 1.82) is 0 Å². The number of amides is 4. The minimum atomic E-state index is -1.69. The molecule has 12 nitrogen and oxygen atoms in total. The number of halogens is 2. The molecule has 14 heteroatoms. The van der Waals surface area contributed by atoms with Crippen molar-refractivity contribution in [2.45, 2.75) is 43.5 Å². The van der Waals surface area contributed by atoms with Crippen molar-refractivity contribution in [1.82, 2.24) is 15.1 Å². The molecular weight excluding hydrogens is 775 g/mol. The highest BCUT2D eigenvalue weighted by Gasteiger charge is 3.11. The molecule has 2 unspecified atom stereocenters. The number of hydrogen-bond donors (Lipinski definition) is 1. The summed E-state index contributed by atoms with van der Waals surface area (Å²) in [5.74, 6) is -3.52. The molecule has 4 fully saturated rings. The zero-order valence-corrected chi connectivity index (χ0v) is 33.0. The van der Waals surface area contributed by atoms with E-state index < -0.39 is 70.8 Å². The highest BCUT2D eigenvalue weighted by atomic mass is 19.1. The average Bonchev–Trinajstić information content (AvgIpc) is 4.08. The Bertz CT molecular complexity index is 2540. The van der Waals surface area contributed by atoms with Gasteiger partial charge in [-0.1, -0.05) is 66.2 Å². The summed E-state index contributed by atoms with van der Waals surface area (Å²) < 4.78 is 54.6. The summed E-state index contributed by atoms with van der Waals surface area (Å²) in [5, 5.41) is 2.89. The van der Waals surface area contributed by atoms with Crippen molar-refractivity contribution in [3.8, 4) is 17.2 Å². The number of carbonyl (C=O) groups excluding carboxylic acids is 4. The van der Waals surface area contributed by atoms with E-state index in [-0.39, 0.29) is 29.1 Å². The lowest BCUT2D eigenvalue weighted by Crippen LogP contribution is -2.78. The van der Waals surface area contributed by atoms with E-state index in [1.54, 1.807) is 91.0 Å². The molecule has 4 aliphatic rings. The van der Waals surface area contributed by atoms with Crippen LogP contribution in [0.15, 0.2) is 115 Å². The number of benzene rings is 5. The van der Waals surface area contributed by atoms with Gasteiger partial charge in [0.25, 0.3) is 11.8 Å². The Hall–Kier alpha value is -6.80. The normalized spacial score (nSPS) is 25.0. The molecule has 2 saturated carbocycles. The molecule has 2 heterocycles. The molecule has 4 amide bonds. The van der Waals surface area contributed by atoms with E-state index in [2.05, 4.69) is 5.32 Å². The Balaban J connectivity index is 1.20. The summed E-state index contributed by atoms with van der Waals surface area (Å²) in [6.07, 6.45) is -3.91. The summed E-state index contributed by atoms with van der Waals surface area (Å²) in [6.45, 7) is 1.77. The van der Waals surface area contributed by atoms with Gasteiger partial charge in [-0.25, -0.2) is 8.78 Å². The monoisotopic (exact) mass is 814 g/mol. The van der Waals surface area contributed by atoms with Gasteiger partial charge in [0.1, 0.15) is 40.0 Å². The number of fused-ring (bicyclic) bond motifs is 1. The van der Waals surface area contributed by atoms with Crippen LogP contribution in [0.3, 0.4) is 0 Å². The fourth-order valence-corrected chi connectivity index (χ4v) is 9.58. The highest BCUT2D eigenvalue weighted by Crippen LogP contribution is 2.99. The fraction of sp³-hybridized carbons (Fsp3) is 0.261. The van der Waals surface area contributed by atoms with E-state index in [4.69, 9.17) is 18.9 Å². The molecule has 5 aromatic carbocycles. The Morgan fingerprint density at radius 2 is 1.53 bits per heavy atom. The van der Waals surface area contributed by atoms with E-state index >= 15 is 18.4 Å². The highest BCUT2D eigenvalue weighted by molar-refractivity contribution is 6.11. The Labute approximate surface area is 344 Å². The first-order valence-corrected chi connectivity index (χ1v) is 19.3. The first-order chi connectivity index (χ1) is 29.1. The standard InChI is InChI=1S/C46H40F2N4O8/c1-26-14-17-29(18-15-26)50(25-53)41(40(54)49-24-28-16-19-31(58-3)23-36(28)59-4)51-44(56)45-37(32-12-8-9-13-34(32)47)39(45)46(45,51)52-42(55)38(27-10-6-5-7-11-27)60-43(52)33-21-20-30(57-2)22-35(33)48/h5-23,25,37-39,41,43H,24H2,1-4H3,(H,49,54)/t37?,38-,39+,41?,43+,45+,46+/m0/s1. The minimum Gasteiger partial charge on any atom is -0.497 e. The van der Waals surface area contributed by atoms with Crippen LogP contribution in [0.25, 0.3) is 0 Å². The maximum Gasteiger partial charge on any atom is 0.264 e. The third-order valence-electron chi connectivity index (χ3n) is 12.4. The molecule has 0 radical (unpaired) electrons. The van der Waals surface area contributed by atoms with Gasteiger partial charge in [0, 0.05) is 47.3 Å². The van der Waals surface area contributed by atoms with Gasteiger partial charge in [-0.15, -0.1) is 0 Å². The summed E-state index contributed by atoms with van der Waals surface area (Å²) in [4.78, 5) is 62.2. The molecule has 1 N–H and O–H groups in total. The molecule has 306 valence electrons. The fourth-order valence-electron chi connectivity index (χ4n) is 9.58. The zero-order valence-electron chi connectivity index (χ0n) is 33.0. The smallest absolute Gasteiger partial charge is 0.264 e. The topological polar surface area (TPSA) is 127 Å². The van der Waals surface area contributed by atoms with Crippen LogP contribution < -0.4 is 24.4 Å². The number of ether oxygens (including phenoxy) is 4. The Morgan fingerprint density at radius 3 is 2.18 bits per heavy atom. The summed E-state index contributed by atoms with van der Waals surface area (Å²) in [7, 11) is 4.38. The van der Waals surface area contributed by atoms with E-state index in [1.165, 1.54) is 55.4 Å². The molecule has 7 atom stereocenters. The van der Waals surface area contributed by atoms with Gasteiger partial charge in [0.2, 0.25) is 12.3 Å². The summed E-state index contributed by atoms with van der Waals surface area (Å²) in [6, 6.07) is 30.8. The van der Waals surface area contributed by atoms with Crippen LogP contribution in [-0.4, -0.2) is 67.1 Å². The zero-order chi connectivity index (χ0) is 42.1. The third kappa shape index (κ3) is 5.43. The van der Waals surface area contributed by atoms with Crippen LogP contribution in [0, 0.1) is 29.9 Å². The van der Waals surface area contributed by atoms with Crippen LogP contribution in [0.2, 0.25) is 0 Å². The first kappa shape index (κ1) is 38.7. The van der Waals surface area contributed by atoms with Crippen LogP contribution >= 0.6 is 0 Å². The van der Waals surface area contributed by atoms with E-state index in [0.717, 1.165) is 10.5 Å². The number of piperidine rings is 1. The number of nitrogens with zero attached hydrogens (tertiary/aromatic N) is 3. The van der Waals surface area contributed by atoms with Crippen LogP contribution in [-0.2, 0) is 30.5 Å². The van der Waals surface area contributed by atoms with Gasteiger partial charge >= 0.3 is 0 Å². The lowest BCUT2D eigenvalue weighted by molar-refractivity contribution is -0.198. The molecular formula is C46H40F2N4O8. The number of nitrogens with one attached hydrogen (secondary N) is 1. The van der Waals surface area contributed by atoms with Gasteiger partial charge in [0.15, 0.2) is 18.5 Å². The molecule has 5 aromatic rings. The van der Waals surface area contributed by atoms with Crippen molar-refractivity contribution in [2.24, 2.45) is 11.3 Å². The van der Waals surface area contributed by atoms with Gasteiger partial charge in [0.05, 0.1) is 21.3 Å². The SMILES string of the molecule is COc1ccc([C@H]2O[C@@H](c3ccccc3)C(=O)N2[C@]23[C@@H]4C(c5ccccc5F)[C@]42C(=O)N3C(C(=O)NCc2ccc(OC)cc2OC)N(C=O)c2ccc(C)cc2)c(F)c1. The molecule has 60 heavy (non-hydrogen) atoms. The van der Waals surface area contributed by atoms with Gasteiger partial charge in [-0.05, 0) is 60.5 Å². The van der Waals surface area contributed by atoms with E-state index in [0.29, 0.717) is 29.0 Å². The number of likely N-dealkylation sites (tertiary alicyclic amines) is 1. The number of hydrogen-bond acceptors (Lipinski definition) is 8. The van der Waals surface area contributed by atoms with Crippen molar-refractivity contribution in [3.05, 3.63) is 155 Å². The van der Waals surface area contributed by atoms with E-state index in [1.807, 2.05) is 6.92 Å². The number of carbonyl (C=O) groups is 4. The average molecular weight is 815 g/mol. The second-order valence-corrected chi connectivity index (χ2v) is 15.2. The van der Waals surface area contributed by atoms with Crippen molar-refractivity contribution in [2.75, 3.05) is 26.2 Å². The van der Waals surface area contributed by atoms with E-state index in [9.17, 15) is 9.59 Å². The number of β-lactam (4-membered cyclic amide) rings is 1. The van der Waals surface area contributed by atoms with Gasteiger partial charge in [-0.3, -0.25) is 33.9 Å². The van der Waals surface area contributed by atoms with Gasteiger partial charge in [-0.2, -0.15) is 0 Å². The van der Waals surface area contributed by atoms with Crippen molar-refractivity contribution < 1.29 is 46.9 Å². The summed E-state index contributed by atoms with van der Waals surface area (Å²) >= 11 is 0. The lowest BCUT2D eigenvalue weighted by atomic mass is 9.79. The Kier molecular flexibility index (Phi) is 9.34. The first-order valence-electron chi connectivity index (χ1n) is 19.3. The van der Waals surface area contributed by atoms with Crippen LogP contribution in [0.1, 0.15) is 46.1 Å². The molecule has 0 bridgehead atoms. The molecule has 2 saturated heterocycles. The number of methoxy groups -OCH3 is 3.